The highest BCUT2D eigenvalue weighted by molar-refractivity contribution is 7.07. The molecule has 2 heterocycles. The van der Waals surface area contributed by atoms with Crippen LogP contribution < -0.4 is 40.6 Å². The van der Waals surface area contributed by atoms with E-state index in [2.05, 4.69) is 22.8 Å². The summed E-state index contributed by atoms with van der Waals surface area (Å²) in [5.74, 6) is -0.621. The third kappa shape index (κ3) is 7.31. The number of carbonyl (C=O) groups is 2. The number of nitrogens with two attached hydrogens (primary N) is 1. The Kier molecular flexibility index (Phi) is 9.84. The van der Waals surface area contributed by atoms with Crippen LogP contribution in [0.5, 0.6) is 11.5 Å². The molecule has 0 bridgehead atoms. The number of hydrogen-bond acceptors (Lipinski definition) is 9. The van der Waals surface area contributed by atoms with Crippen molar-refractivity contribution in [2.24, 2.45) is 5.73 Å². The highest BCUT2D eigenvalue weighted by Crippen LogP contribution is 2.36. The van der Waals surface area contributed by atoms with Crippen LogP contribution in [0.25, 0.3) is 17.5 Å². The molecule has 5 aromatic rings. The highest BCUT2D eigenvalue weighted by Gasteiger charge is 2.32. The Bertz CT molecular complexity index is 2350. The maximum Gasteiger partial charge on any atom is 0.274 e. The molecule has 0 unspecified atom stereocenters. The first-order valence-corrected chi connectivity index (χ1v) is 16.1. The van der Waals surface area contributed by atoms with Gasteiger partial charge >= 0.3 is 0 Å². The molecule has 0 spiro atoms. The van der Waals surface area contributed by atoms with Crippen molar-refractivity contribution in [1.29, 1.82) is 10.5 Å². The molecule has 246 valence electrons. The largest absolute Gasteiger partial charge is 0.484 e. The second-order valence-electron chi connectivity index (χ2n) is 11.0. The molecule has 0 radical (unpaired) electrons. The van der Waals surface area contributed by atoms with Gasteiger partial charge < -0.3 is 25.8 Å². The van der Waals surface area contributed by atoms with E-state index in [-0.39, 0.29) is 42.0 Å². The van der Waals surface area contributed by atoms with Crippen LogP contribution >= 0.6 is 11.3 Å². The molecule has 0 aliphatic carbocycles. The minimum Gasteiger partial charge on any atom is -0.484 e. The summed E-state index contributed by atoms with van der Waals surface area (Å²) in [6.07, 6.45) is 1.66. The summed E-state index contributed by atoms with van der Waals surface area (Å²) in [7, 11) is 0. The van der Waals surface area contributed by atoms with E-state index in [9.17, 15) is 24.9 Å². The number of para-hydroxylation sites is 2. The van der Waals surface area contributed by atoms with Crippen molar-refractivity contribution in [1.82, 2.24) is 4.57 Å². The number of aromatic nitrogens is 1. The monoisotopic (exact) mass is 680 g/mol. The summed E-state index contributed by atoms with van der Waals surface area (Å²) in [5.41, 5.74) is 8.81. The first-order chi connectivity index (χ1) is 24.3. The third-order valence-electron chi connectivity index (χ3n) is 7.64. The van der Waals surface area contributed by atoms with Gasteiger partial charge in [0, 0.05) is 11.4 Å². The van der Waals surface area contributed by atoms with Crippen molar-refractivity contribution in [3.63, 3.8) is 0 Å². The smallest absolute Gasteiger partial charge is 0.274 e. The zero-order valence-corrected chi connectivity index (χ0v) is 27.1. The SMILES string of the molecule is N#CC1=C(N)n2c(sc(=Cc3ccc(OCC(=O)Nc4ccccc4)cc3)c2=O)=C(C#N)[C@H]1c1ccc(OCC(=O)Nc2ccccc2)cc1. The van der Waals surface area contributed by atoms with E-state index in [1.807, 2.05) is 36.4 Å². The number of fused-ring (bicyclic) bond motifs is 1. The molecule has 1 aromatic heterocycles. The third-order valence-corrected chi connectivity index (χ3v) is 8.74. The molecule has 0 fully saturated rings. The fourth-order valence-corrected chi connectivity index (χ4v) is 6.42. The Morgan fingerprint density at radius 3 is 1.76 bits per heavy atom. The van der Waals surface area contributed by atoms with Crippen molar-refractivity contribution in [2.75, 3.05) is 23.8 Å². The number of hydrogen-bond donors (Lipinski definition) is 3. The average Bonchev–Trinajstić information content (AvgIpc) is 3.46. The molecule has 1 aliphatic rings. The Balaban J connectivity index is 1.20. The summed E-state index contributed by atoms with van der Waals surface area (Å²) in [4.78, 5) is 38.1. The van der Waals surface area contributed by atoms with Gasteiger partial charge in [0.1, 0.15) is 22.0 Å². The Morgan fingerprint density at radius 1 is 0.760 bits per heavy atom. The van der Waals surface area contributed by atoms with Gasteiger partial charge in [-0.05, 0) is 65.7 Å². The van der Waals surface area contributed by atoms with Crippen LogP contribution in [0.1, 0.15) is 17.0 Å². The van der Waals surface area contributed by atoms with Crippen LogP contribution in [0.4, 0.5) is 11.4 Å². The van der Waals surface area contributed by atoms with E-state index < -0.39 is 11.5 Å². The number of amides is 2. The molecule has 4 aromatic carbocycles. The molecule has 0 saturated heterocycles. The van der Waals surface area contributed by atoms with Crippen molar-refractivity contribution in [3.05, 3.63) is 145 Å². The summed E-state index contributed by atoms with van der Waals surface area (Å²) in [6.45, 7) is -0.397. The van der Waals surface area contributed by atoms with Crippen LogP contribution in [-0.2, 0) is 9.59 Å². The van der Waals surface area contributed by atoms with E-state index in [1.165, 1.54) is 4.57 Å². The average molecular weight is 681 g/mol. The van der Waals surface area contributed by atoms with Crippen LogP contribution in [0.2, 0.25) is 0 Å². The second kappa shape index (κ2) is 14.9. The number of carbonyl (C=O) groups excluding carboxylic acids is 2. The lowest BCUT2D eigenvalue weighted by molar-refractivity contribution is -0.118. The van der Waals surface area contributed by atoms with Gasteiger partial charge in [-0.1, -0.05) is 60.7 Å². The molecule has 50 heavy (non-hydrogen) atoms. The minimum absolute atomic E-state index is 0.0529. The molecular formula is C38H28N6O5S. The fourth-order valence-electron chi connectivity index (χ4n) is 5.29. The van der Waals surface area contributed by atoms with Gasteiger partial charge in [-0.2, -0.15) is 10.5 Å². The number of allylic oxidation sites excluding steroid dienone is 1. The predicted molar refractivity (Wildman–Crippen MR) is 190 cm³/mol. The number of nitriles is 2. The van der Waals surface area contributed by atoms with Crippen molar-refractivity contribution < 1.29 is 19.1 Å². The molecule has 11 nitrogen and oxygen atoms in total. The van der Waals surface area contributed by atoms with E-state index in [0.29, 0.717) is 43.2 Å². The Morgan fingerprint density at radius 2 is 1.26 bits per heavy atom. The quantitative estimate of drug-likeness (QED) is 0.199. The van der Waals surface area contributed by atoms with E-state index >= 15 is 0 Å². The van der Waals surface area contributed by atoms with Crippen LogP contribution in [0.3, 0.4) is 0 Å². The maximum atomic E-state index is 13.6. The first-order valence-electron chi connectivity index (χ1n) is 15.3. The normalized spacial score (nSPS) is 13.8. The zero-order valence-electron chi connectivity index (χ0n) is 26.3. The van der Waals surface area contributed by atoms with Crippen LogP contribution in [0.15, 0.2) is 120 Å². The first kappa shape index (κ1) is 33.0. The molecule has 1 atom stereocenters. The summed E-state index contributed by atoms with van der Waals surface area (Å²) >= 11 is 1.10. The van der Waals surface area contributed by atoms with Crippen molar-refractivity contribution >= 4 is 52.0 Å². The van der Waals surface area contributed by atoms with E-state index in [4.69, 9.17) is 15.2 Å². The van der Waals surface area contributed by atoms with Crippen LogP contribution in [-0.4, -0.2) is 29.6 Å². The van der Waals surface area contributed by atoms with Crippen molar-refractivity contribution in [3.8, 4) is 23.6 Å². The van der Waals surface area contributed by atoms with Gasteiger partial charge in [0.25, 0.3) is 17.4 Å². The Labute approximate surface area is 290 Å². The fraction of sp³-hybridized carbons (Fsp3) is 0.0789. The van der Waals surface area contributed by atoms with E-state index in [1.54, 1.807) is 78.9 Å². The lowest BCUT2D eigenvalue weighted by Crippen LogP contribution is -2.38. The topological polar surface area (TPSA) is 172 Å². The van der Waals surface area contributed by atoms with Gasteiger partial charge in [-0.25, -0.2) is 0 Å². The molecule has 4 N–H and O–H groups in total. The molecular weight excluding hydrogens is 653 g/mol. The van der Waals surface area contributed by atoms with Gasteiger partial charge in [-0.15, -0.1) is 11.3 Å². The molecule has 1 aliphatic heterocycles. The molecule has 12 heteroatoms. The van der Waals surface area contributed by atoms with Crippen LogP contribution in [0, 0.1) is 22.7 Å². The number of nitrogens with zero attached hydrogens (tertiary/aromatic N) is 3. The van der Waals surface area contributed by atoms with Gasteiger partial charge in [0.15, 0.2) is 13.2 Å². The maximum absolute atomic E-state index is 13.6. The minimum atomic E-state index is -0.818. The lowest BCUT2D eigenvalue weighted by atomic mass is 9.84. The number of ether oxygens (including phenoxy) is 2. The Hall–Kier alpha value is -6.89. The number of anilines is 2. The van der Waals surface area contributed by atoms with Crippen molar-refractivity contribution in [2.45, 2.75) is 5.92 Å². The molecule has 0 saturated carbocycles. The number of rotatable bonds is 10. The van der Waals surface area contributed by atoms with E-state index in [0.717, 1.165) is 11.3 Å². The standard InChI is InChI=1S/C38H28N6O5S/c39-20-30-35(25-13-17-29(18-14-25)49-23-34(46)43-27-9-5-2-6-10-27)31(21-40)38-44(36(30)41)37(47)32(50-38)19-24-11-15-28(16-12-24)48-22-33(45)42-26-7-3-1-4-8-26/h1-19,35H,22-23,41H2,(H,42,45)(H,43,46)/t35-/m0/s1. The number of thiazole rings is 1. The lowest BCUT2D eigenvalue weighted by Gasteiger charge is -2.22. The second-order valence-corrected chi connectivity index (χ2v) is 12.0. The van der Waals surface area contributed by atoms with Gasteiger partial charge in [-0.3, -0.25) is 19.0 Å². The summed E-state index contributed by atoms with van der Waals surface area (Å²) in [5, 5.41) is 25.9. The summed E-state index contributed by atoms with van der Waals surface area (Å²) in [6, 6.07) is 35.9. The highest BCUT2D eigenvalue weighted by atomic mass is 32.1. The molecule has 2 amide bonds. The number of benzene rings is 4. The number of nitrogens with one attached hydrogen (secondary N) is 2. The molecule has 6 rings (SSSR count). The van der Waals surface area contributed by atoms with Gasteiger partial charge in [0.2, 0.25) is 0 Å². The summed E-state index contributed by atoms with van der Waals surface area (Å²) < 4.78 is 13.1. The van der Waals surface area contributed by atoms with Gasteiger partial charge in [0.05, 0.1) is 33.7 Å². The predicted octanol–water partition coefficient (Wildman–Crippen LogP) is 3.90. The zero-order chi connectivity index (χ0) is 35.0.